The van der Waals surface area contributed by atoms with Crippen molar-refractivity contribution in [3.05, 3.63) is 60.2 Å². The second kappa shape index (κ2) is 14.8. The van der Waals surface area contributed by atoms with Gasteiger partial charge in [-0.25, -0.2) is 0 Å². The van der Waals surface area contributed by atoms with E-state index in [-0.39, 0.29) is 19.0 Å². The van der Waals surface area contributed by atoms with Crippen molar-refractivity contribution >= 4 is 5.91 Å². The maximum absolute atomic E-state index is 12.6. The average Bonchev–Trinajstić information content (AvgIpc) is 2.86. The molecule has 2 rings (SSSR count). The summed E-state index contributed by atoms with van der Waals surface area (Å²) in [6.07, 6.45) is -3.01. The highest BCUT2D eigenvalue weighted by Gasteiger charge is 2.31. The molecule has 2 aromatic rings. The summed E-state index contributed by atoms with van der Waals surface area (Å²) in [5.74, 6) is -0.281. The standard InChI is InChI=1S/C24H37N5O6/c1-27(16-22(33)28(2)15-20(31)23(34)24(35)21(32)17-30)11-12-29(13-18-7-3-5-9-25-18)14-19-8-4-6-10-26-19/h3-10,20-21,23-24,30-32,34-35H,11-17H2,1-2H3/t20-,21+,23+,24+/m1/s1. The molecular weight excluding hydrogens is 454 g/mol. The third-order valence-corrected chi connectivity index (χ3v) is 5.64. The Labute approximate surface area is 205 Å². The van der Waals surface area contributed by atoms with Crippen molar-refractivity contribution in [2.75, 3.05) is 46.9 Å². The summed E-state index contributed by atoms with van der Waals surface area (Å²) < 4.78 is 0. The van der Waals surface area contributed by atoms with Crippen molar-refractivity contribution in [1.29, 1.82) is 0 Å². The number of hydrogen-bond donors (Lipinski definition) is 5. The SMILES string of the molecule is CN(CCN(Cc1ccccn1)Cc1ccccn1)CC(=O)N(C)C[C@@H](O)[C@H](O)[C@@H](O)[C@@H](O)CO. The van der Waals surface area contributed by atoms with Gasteiger partial charge in [0, 0.05) is 52.2 Å². The van der Waals surface area contributed by atoms with E-state index in [1.807, 2.05) is 48.3 Å². The van der Waals surface area contributed by atoms with Crippen molar-refractivity contribution in [2.45, 2.75) is 37.5 Å². The lowest BCUT2D eigenvalue weighted by atomic mass is 10.0. The highest BCUT2D eigenvalue weighted by atomic mass is 16.4. The number of carbonyl (C=O) groups excluding carboxylic acids is 1. The molecule has 194 valence electrons. The predicted octanol–water partition coefficient (Wildman–Crippen LogP) is -1.70. The number of likely N-dealkylation sites (N-methyl/N-ethyl adjacent to an activating group) is 2. The van der Waals surface area contributed by atoms with Crippen LogP contribution in [0.15, 0.2) is 48.8 Å². The second-order valence-electron chi connectivity index (χ2n) is 8.66. The van der Waals surface area contributed by atoms with Gasteiger partial charge in [0.05, 0.1) is 24.5 Å². The monoisotopic (exact) mass is 491 g/mol. The topological polar surface area (TPSA) is 154 Å². The molecule has 0 saturated carbocycles. The number of carbonyl (C=O) groups is 1. The molecule has 2 heterocycles. The molecule has 0 bridgehead atoms. The van der Waals surface area contributed by atoms with Crippen LogP contribution in [0.3, 0.4) is 0 Å². The van der Waals surface area contributed by atoms with E-state index in [0.29, 0.717) is 26.2 Å². The zero-order valence-electron chi connectivity index (χ0n) is 20.3. The fourth-order valence-electron chi connectivity index (χ4n) is 3.45. The highest BCUT2D eigenvalue weighted by Crippen LogP contribution is 2.08. The quantitative estimate of drug-likeness (QED) is 0.195. The maximum atomic E-state index is 12.6. The number of pyridine rings is 2. The number of hydrogen-bond acceptors (Lipinski definition) is 10. The largest absolute Gasteiger partial charge is 0.394 e. The first kappa shape index (κ1) is 28.7. The first-order chi connectivity index (χ1) is 16.7. The Kier molecular flexibility index (Phi) is 12.1. The van der Waals surface area contributed by atoms with Crippen LogP contribution in [-0.2, 0) is 17.9 Å². The molecule has 2 aromatic heterocycles. The van der Waals surface area contributed by atoms with Gasteiger partial charge in [-0.3, -0.25) is 24.6 Å². The van der Waals surface area contributed by atoms with Gasteiger partial charge in [-0.05, 0) is 31.3 Å². The van der Waals surface area contributed by atoms with Gasteiger partial charge in [0.1, 0.15) is 24.4 Å². The molecule has 11 heteroatoms. The molecule has 11 nitrogen and oxygen atoms in total. The minimum atomic E-state index is -1.73. The molecule has 5 N–H and O–H groups in total. The van der Waals surface area contributed by atoms with Gasteiger partial charge in [0.15, 0.2) is 0 Å². The molecule has 4 atom stereocenters. The fourth-order valence-corrected chi connectivity index (χ4v) is 3.45. The lowest BCUT2D eigenvalue weighted by Gasteiger charge is -2.30. The molecule has 0 saturated heterocycles. The van der Waals surface area contributed by atoms with Crippen LogP contribution in [0.2, 0.25) is 0 Å². The smallest absolute Gasteiger partial charge is 0.236 e. The van der Waals surface area contributed by atoms with E-state index in [0.717, 1.165) is 11.4 Å². The van der Waals surface area contributed by atoms with Crippen LogP contribution in [0.4, 0.5) is 0 Å². The summed E-state index contributed by atoms with van der Waals surface area (Å²) in [5.41, 5.74) is 1.87. The van der Waals surface area contributed by atoms with Crippen LogP contribution in [0.5, 0.6) is 0 Å². The normalized spacial score (nSPS) is 15.1. The van der Waals surface area contributed by atoms with Gasteiger partial charge in [-0.2, -0.15) is 0 Å². The molecule has 0 fully saturated rings. The number of aliphatic hydroxyl groups excluding tert-OH is 5. The Morgan fingerprint density at radius 1 is 0.857 bits per heavy atom. The number of nitrogens with zero attached hydrogens (tertiary/aromatic N) is 5. The molecule has 0 aliphatic rings. The number of aromatic nitrogens is 2. The zero-order chi connectivity index (χ0) is 25.8. The molecule has 0 aliphatic heterocycles. The first-order valence-electron chi connectivity index (χ1n) is 11.5. The summed E-state index contributed by atoms with van der Waals surface area (Å²) in [6.45, 7) is 1.59. The van der Waals surface area contributed by atoms with Crippen LogP contribution in [0.25, 0.3) is 0 Å². The minimum Gasteiger partial charge on any atom is -0.394 e. The minimum absolute atomic E-state index is 0.0855. The summed E-state index contributed by atoms with van der Waals surface area (Å²) in [5, 5.41) is 48.1. The molecule has 35 heavy (non-hydrogen) atoms. The Morgan fingerprint density at radius 3 is 1.89 bits per heavy atom. The Hall–Kier alpha value is -2.51. The maximum Gasteiger partial charge on any atom is 0.236 e. The van der Waals surface area contributed by atoms with Crippen LogP contribution < -0.4 is 0 Å². The third kappa shape index (κ3) is 9.94. The summed E-state index contributed by atoms with van der Waals surface area (Å²) in [6, 6.07) is 11.5. The fraction of sp³-hybridized carbons (Fsp3) is 0.542. The molecule has 0 aromatic carbocycles. The van der Waals surface area contributed by atoms with Crippen LogP contribution >= 0.6 is 0 Å². The molecule has 0 spiro atoms. The molecular formula is C24H37N5O6. The van der Waals surface area contributed by atoms with Gasteiger partial charge in [-0.15, -0.1) is 0 Å². The Bertz CT molecular complexity index is 820. The number of rotatable bonds is 15. The van der Waals surface area contributed by atoms with Gasteiger partial charge < -0.3 is 30.4 Å². The lowest BCUT2D eigenvalue weighted by Crippen LogP contribution is -2.50. The van der Waals surface area contributed by atoms with Crippen molar-refractivity contribution in [2.24, 2.45) is 0 Å². The van der Waals surface area contributed by atoms with E-state index >= 15 is 0 Å². The van der Waals surface area contributed by atoms with E-state index < -0.39 is 31.0 Å². The van der Waals surface area contributed by atoms with Gasteiger partial charge >= 0.3 is 0 Å². The molecule has 0 unspecified atom stereocenters. The van der Waals surface area contributed by atoms with Crippen LogP contribution in [0, 0.1) is 0 Å². The van der Waals surface area contributed by atoms with Gasteiger partial charge in [-0.1, -0.05) is 12.1 Å². The van der Waals surface area contributed by atoms with Crippen molar-refractivity contribution < 1.29 is 30.3 Å². The Balaban J connectivity index is 1.87. The molecule has 1 amide bonds. The Morgan fingerprint density at radius 2 is 1.40 bits per heavy atom. The van der Waals surface area contributed by atoms with Crippen molar-refractivity contribution in [3.63, 3.8) is 0 Å². The first-order valence-corrected chi connectivity index (χ1v) is 11.5. The number of aliphatic hydroxyl groups is 5. The van der Waals surface area contributed by atoms with E-state index in [1.54, 1.807) is 12.4 Å². The van der Waals surface area contributed by atoms with E-state index in [2.05, 4.69) is 14.9 Å². The van der Waals surface area contributed by atoms with Crippen LogP contribution in [-0.4, -0.2) is 127 Å². The van der Waals surface area contributed by atoms with E-state index in [4.69, 9.17) is 5.11 Å². The van der Waals surface area contributed by atoms with Gasteiger partial charge in [0.25, 0.3) is 0 Å². The van der Waals surface area contributed by atoms with Gasteiger partial charge in [0.2, 0.25) is 5.91 Å². The lowest BCUT2D eigenvalue weighted by molar-refractivity contribution is -0.138. The van der Waals surface area contributed by atoms with Crippen molar-refractivity contribution in [1.82, 2.24) is 24.7 Å². The average molecular weight is 492 g/mol. The van der Waals surface area contributed by atoms with E-state index in [9.17, 15) is 25.2 Å². The second-order valence-corrected chi connectivity index (χ2v) is 8.66. The summed E-state index contributed by atoms with van der Waals surface area (Å²) >= 11 is 0. The van der Waals surface area contributed by atoms with E-state index in [1.165, 1.54) is 11.9 Å². The summed E-state index contributed by atoms with van der Waals surface area (Å²) in [7, 11) is 3.30. The van der Waals surface area contributed by atoms with Crippen LogP contribution in [0.1, 0.15) is 11.4 Å². The van der Waals surface area contributed by atoms with Crippen molar-refractivity contribution in [3.8, 4) is 0 Å². The molecule has 0 radical (unpaired) electrons. The highest BCUT2D eigenvalue weighted by molar-refractivity contribution is 5.78. The molecule has 0 aliphatic carbocycles. The third-order valence-electron chi connectivity index (χ3n) is 5.64. The predicted molar refractivity (Wildman–Crippen MR) is 129 cm³/mol. The summed E-state index contributed by atoms with van der Waals surface area (Å²) in [4.78, 5) is 26.7. The zero-order valence-corrected chi connectivity index (χ0v) is 20.3. The number of amides is 1.